The Morgan fingerprint density at radius 1 is 1.22 bits per heavy atom. The van der Waals surface area contributed by atoms with E-state index in [-0.39, 0.29) is 0 Å². The van der Waals surface area contributed by atoms with Gasteiger partial charge in [0.15, 0.2) is 5.65 Å². The minimum Gasteiger partial charge on any atom is -0.367 e. The highest BCUT2D eigenvalue weighted by Gasteiger charge is 2.19. The number of hydrogen-bond acceptors (Lipinski definition) is 2. The summed E-state index contributed by atoms with van der Waals surface area (Å²) in [6.45, 7) is 2.22. The van der Waals surface area contributed by atoms with Gasteiger partial charge in [0.1, 0.15) is 5.82 Å². The van der Waals surface area contributed by atoms with Gasteiger partial charge in [-0.15, -0.1) is 0 Å². The second kappa shape index (κ2) is 7.76. The van der Waals surface area contributed by atoms with E-state index in [0.29, 0.717) is 16.1 Å². The number of rotatable bonds is 6. The molecule has 2 heterocycles. The van der Waals surface area contributed by atoms with Crippen LogP contribution in [0.4, 0.5) is 5.82 Å². The van der Waals surface area contributed by atoms with Crippen molar-refractivity contribution < 1.29 is 0 Å². The minimum atomic E-state index is 0.534. The first-order valence-corrected chi connectivity index (χ1v) is 9.57. The van der Waals surface area contributed by atoms with Crippen LogP contribution in [0.15, 0.2) is 12.3 Å². The molecule has 0 radical (unpaired) electrons. The summed E-state index contributed by atoms with van der Waals surface area (Å²) in [5, 5.41) is 5.00. The molecule has 2 aromatic heterocycles. The molecule has 0 atom stereocenters. The van der Waals surface area contributed by atoms with E-state index in [2.05, 4.69) is 12.2 Å². The number of nitrogens with zero attached hydrogens (tertiary/aromatic N) is 2. The Balaban J connectivity index is 1.94. The number of aromatic nitrogens is 2. The first-order valence-electron chi connectivity index (χ1n) is 8.81. The van der Waals surface area contributed by atoms with Gasteiger partial charge in [0.2, 0.25) is 0 Å². The molecule has 1 aliphatic rings. The molecular weight excluding hydrogens is 329 g/mol. The summed E-state index contributed by atoms with van der Waals surface area (Å²) in [4.78, 5) is 4.80. The van der Waals surface area contributed by atoms with Gasteiger partial charge in [0, 0.05) is 12.2 Å². The minimum absolute atomic E-state index is 0.534. The number of halogens is 2. The third kappa shape index (κ3) is 3.95. The smallest absolute Gasteiger partial charge is 0.157 e. The van der Waals surface area contributed by atoms with Crippen molar-refractivity contribution in [3.8, 4) is 0 Å². The Kier molecular flexibility index (Phi) is 5.71. The van der Waals surface area contributed by atoms with Gasteiger partial charge < -0.3 is 5.32 Å². The van der Waals surface area contributed by atoms with E-state index in [1.807, 2.05) is 10.6 Å². The van der Waals surface area contributed by atoms with Gasteiger partial charge in [0.25, 0.3) is 0 Å². The molecule has 5 heteroatoms. The number of anilines is 1. The van der Waals surface area contributed by atoms with Crippen LogP contribution in [-0.2, 0) is 6.42 Å². The normalized spacial score (nSPS) is 16.1. The molecule has 3 rings (SSSR count). The van der Waals surface area contributed by atoms with E-state index in [0.717, 1.165) is 30.0 Å². The first-order chi connectivity index (χ1) is 11.2. The number of aryl methyl sites for hydroxylation is 1. The van der Waals surface area contributed by atoms with E-state index in [4.69, 9.17) is 28.2 Å². The summed E-state index contributed by atoms with van der Waals surface area (Å²) in [6, 6.07) is 2.30. The molecule has 0 spiro atoms. The third-order valence-electron chi connectivity index (χ3n) is 4.68. The fourth-order valence-electron chi connectivity index (χ4n) is 3.43. The maximum absolute atomic E-state index is 6.36. The second-order valence-corrected chi connectivity index (χ2v) is 7.39. The largest absolute Gasteiger partial charge is 0.367 e. The fraction of sp³-hybridized carbons (Fsp3) is 0.611. The molecule has 1 saturated carbocycles. The van der Waals surface area contributed by atoms with Gasteiger partial charge in [-0.3, -0.25) is 4.40 Å². The summed E-state index contributed by atoms with van der Waals surface area (Å²) in [5.41, 5.74) is 1.93. The zero-order chi connectivity index (χ0) is 16.2. The Bertz CT molecular complexity index is 660. The van der Waals surface area contributed by atoms with Crippen molar-refractivity contribution >= 4 is 34.7 Å². The average Bonchev–Trinajstić information content (AvgIpc) is 2.87. The van der Waals surface area contributed by atoms with Crippen molar-refractivity contribution in [2.75, 3.05) is 5.32 Å². The molecule has 0 saturated heterocycles. The van der Waals surface area contributed by atoms with Crippen LogP contribution in [0, 0.1) is 0 Å². The van der Waals surface area contributed by atoms with Gasteiger partial charge >= 0.3 is 0 Å². The van der Waals surface area contributed by atoms with Crippen LogP contribution >= 0.6 is 23.2 Å². The van der Waals surface area contributed by atoms with E-state index in [1.165, 1.54) is 44.9 Å². The molecule has 2 aromatic rings. The van der Waals surface area contributed by atoms with E-state index >= 15 is 0 Å². The summed E-state index contributed by atoms with van der Waals surface area (Å²) < 4.78 is 2.04. The topological polar surface area (TPSA) is 29.3 Å². The Morgan fingerprint density at radius 3 is 2.74 bits per heavy atom. The van der Waals surface area contributed by atoms with Crippen LogP contribution in [0.1, 0.15) is 64.0 Å². The van der Waals surface area contributed by atoms with Crippen LogP contribution in [0.5, 0.6) is 0 Å². The van der Waals surface area contributed by atoms with Crippen molar-refractivity contribution in [2.45, 2.75) is 70.8 Å². The summed E-state index contributed by atoms with van der Waals surface area (Å²) in [6.07, 6.45) is 12.9. The highest BCUT2D eigenvalue weighted by molar-refractivity contribution is 6.36. The lowest BCUT2D eigenvalue weighted by Gasteiger charge is -2.24. The van der Waals surface area contributed by atoms with Crippen molar-refractivity contribution in [2.24, 2.45) is 0 Å². The predicted octanol–water partition coefficient (Wildman–Crippen LogP) is 6.12. The lowest BCUT2D eigenvalue weighted by atomic mass is 9.95. The van der Waals surface area contributed by atoms with Crippen molar-refractivity contribution in [1.29, 1.82) is 0 Å². The summed E-state index contributed by atoms with van der Waals surface area (Å²) in [7, 11) is 0. The van der Waals surface area contributed by atoms with Gasteiger partial charge in [-0.2, -0.15) is 0 Å². The monoisotopic (exact) mass is 353 g/mol. The van der Waals surface area contributed by atoms with Crippen LogP contribution in [0.25, 0.3) is 5.65 Å². The molecule has 1 N–H and O–H groups in total. The highest BCUT2D eigenvalue weighted by Crippen LogP contribution is 2.30. The van der Waals surface area contributed by atoms with Crippen LogP contribution < -0.4 is 5.32 Å². The second-order valence-electron chi connectivity index (χ2n) is 6.54. The first kappa shape index (κ1) is 16.9. The standard InChI is InChI=1S/C18H25Cl2N3/c1-2-3-5-10-16-18(21-14-8-6-4-7-9-14)23-12-13(19)11-15(20)17(23)22-16/h11-12,14,21H,2-10H2,1H3. The Labute approximate surface area is 148 Å². The quantitative estimate of drug-likeness (QED) is 0.633. The number of hydrogen-bond donors (Lipinski definition) is 1. The van der Waals surface area contributed by atoms with Crippen LogP contribution in [0.3, 0.4) is 0 Å². The number of pyridine rings is 1. The number of imidazole rings is 1. The molecule has 0 bridgehead atoms. The lowest BCUT2D eigenvalue weighted by Crippen LogP contribution is -2.23. The van der Waals surface area contributed by atoms with Crippen LogP contribution in [0.2, 0.25) is 10.0 Å². The van der Waals surface area contributed by atoms with Gasteiger partial charge in [0.05, 0.1) is 15.7 Å². The van der Waals surface area contributed by atoms with Gasteiger partial charge in [-0.1, -0.05) is 62.2 Å². The maximum Gasteiger partial charge on any atom is 0.157 e. The number of fused-ring (bicyclic) bond motifs is 1. The molecule has 0 unspecified atom stereocenters. The zero-order valence-corrected chi connectivity index (χ0v) is 15.3. The van der Waals surface area contributed by atoms with Crippen LogP contribution in [-0.4, -0.2) is 15.4 Å². The third-order valence-corrected chi connectivity index (χ3v) is 5.16. The highest BCUT2D eigenvalue weighted by atomic mass is 35.5. The van der Waals surface area contributed by atoms with Crippen molar-refractivity contribution in [1.82, 2.24) is 9.38 Å². The van der Waals surface area contributed by atoms with E-state index < -0.39 is 0 Å². The molecule has 23 heavy (non-hydrogen) atoms. The number of nitrogens with one attached hydrogen (secondary N) is 1. The number of unbranched alkanes of at least 4 members (excludes halogenated alkanes) is 2. The zero-order valence-electron chi connectivity index (χ0n) is 13.7. The predicted molar refractivity (Wildman–Crippen MR) is 98.9 cm³/mol. The average molecular weight is 354 g/mol. The molecule has 1 aliphatic carbocycles. The lowest BCUT2D eigenvalue weighted by molar-refractivity contribution is 0.461. The molecule has 1 fully saturated rings. The fourth-order valence-corrected chi connectivity index (χ4v) is 3.94. The van der Waals surface area contributed by atoms with E-state index in [1.54, 1.807) is 6.07 Å². The summed E-state index contributed by atoms with van der Waals surface area (Å²) in [5.74, 6) is 1.09. The van der Waals surface area contributed by atoms with Crippen molar-refractivity contribution in [3.05, 3.63) is 28.0 Å². The molecule has 126 valence electrons. The SMILES string of the molecule is CCCCCc1nc2c(Cl)cc(Cl)cn2c1NC1CCCCC1. The Morgan fingerprint density at radius 2 is 2.00 bits per heavy atom. The maximum atomic E-state index is 6.36. The molecule has 0 aliphatic heterocycles. The van der Waals surface area contributed by atoms with Crippen molar-refractivity contribution in [3.63, 3.8) is 0 Å². The van der Waals surface area contributed by atoms with Gasteiger partial charge in [-0.25, -0.2) is 4.98 Å². The molecule has 0 aromatic carbocycles. The van der Waals surface area contributed by atoms with Gasteiger partial charge in [-0.05, 0) is 31.7 Å². The summed E-state index contributed by atoms with van der Waals surface area (Å²) >= 11 is 12.6. The Hall–Kier alpha value is -0.930. The molecule has 3 nitrogen and oxygen atoms in total. The molecular formula is C18H25Cl2N3. The molecule has 0 amide bonds. The van der Waals surface area contributed by atoms with E-state index in [9.17, 15) is 0 Å².